The number of fused-ring (bicyclic) bond motifs is 1. The molecule has 0 spiro atoms. The third-order valence-corrected chi connectivity index (χ3v) is 2.35. The number of aromatic amines is 1. The number of carbonyl (C=O) groups is 1. The fraction of sp³-hybridized carbons (Fsp3) is 0.250. The molecular formula is C12H15N3O. The van der Waals surface area contributed by atoms with Gasteiger partial charge in [-0.05, 0) is 30.0 Å². The molecule has 0 saturated carbocycles. The lowest BCUT2D eigenvalue weighted by molar-refractivity contribution is 0.252. The van der Waals surface area contributed by atoms with Crippen LogP contribution in [0.5, 0.6) is 0 Å². The van der Waals surface area contributed by atoms with Gasteiger partial charge in [0.15, 0.2) is 0 Å². The Kier molecular flexibility index (Phi) is 3.10. The first-order chi connectivity index (χ1) is 7.79. The summed E-state index contributed by atoms with van der Waals surface area (Å²) in [5, 5.41) is 6.69. The van der Waals surface area contributed by atoms with Gasteiger partial charge in [-0.15, -0.1) is 0 Å². The van der Waals surface area contributed by atoms with E-state index in [1.807, 2.05) is 37.4 Å². The van der Waals surface area contributed by atoms with Crippen molar-refractivity contribution in [3.63, 3.8) is 0 Å². The van der Waals surface area contributed by atoms with Crippen molar-refractivity contribution in [1.29, 1.82) is 0 Å². The molecule has 3 N–H and O–H groups in total. The summed E-state index contributed by atoms with van der Waals surface area (Å²) >= 11 is 0. The van der Waals surface area contributed by atoms with Crippen LogP contribution in [0, 0.1) is 0 Å². The van der Waals surface area contributed by atoms with E-state index in [1.54, 1.807) is 0 Å². The smallest absolute Gasteiger partial charge is 0.319 e. The zero-order valence-electron chi connectivity index (χ0n) is 9.21. The minimum Gasteiger partial charge on any atom is -0.361 e. The number of carbonyl (C=O) groups excluding carboxylic acids is 1. The molecule has 0 aliphatic carbocycles. The van der Waals surface area contributed by atoms with E-state index < -0.39 is 0 Å². The average molecular weight is 217 g/mol. The van der Waals surface area contributed by atoms with Crippen molar-refractivity contribution in [2.24, 2.45) is 0 Å². The van der Waals surface area contributed by atoms with E-state index in [-0.39, 0.29) is 6.03 Å². The van der Waals surface area contributed by atoms with Crippen LogP contribution >= 0.6 is 0 Å². The monoisotopic (exact) mass is 217 g/mol. The molecule has 0 atom stereocenters. The molecule has 16 heavy (non-hydrogen) atoms. The molecule has 0 aliphatic rings. The maximum Gasteiger partial charge on any atom is 0.319 e. The Morgan fingerprint density at radius 1 is 1.38 bits per heavy atom. The molecule has 0 radical (unpaired) electrons. The lowest BCUT2D eigenvalue weighted by Gasteiger charge is -2.06. The molecule has 2 amide bonds. The molecule has 84 valence electrons. The predicted octanol–water partition coefficient (Wildman–Crippen LogP) is 2.70. The Morgan fingerprint density at radius 2 is 2.25 bits per heavy atom. The zero-order valence-corrected chi connectivity index (χ0v) is 9.21. The summed E-state index contributed by atoms with van der Waals surface area (Å²) in [7, 11) is 0. The van der Waals surface area contributed by atoms with Crippen LogP contribution in [0.4, 0.5) is 10.5 Å². The first-order valence-corrected chi connectivity index (χ1v) is 5.41. The maximum atomic E-state index is 11.4. The third-order valence-electron chi connectivity index (χ3n) is 2.35. The first kappa shape index (κ1) is 10.5. The van der Waals surface area contributed by atoms with E-state index in [4.69, 9.17) is 0 Å². The molecule has 1 aromatic carbocycles. The molecule has 0 bridgehead atoms. The van der Waals surface area contributed by atoms with Crippen LogP contribution in [-0.2, 0) is 0 Å². The summed E-state index contributed by atoms with van der Waals surface area (Å²) in [6, 6.07) is 7.62. The van der Waals surface area contributed by atoms with Gasteiger partial charge in [-0.1, -0.05) is 13.0 Å². The van der Waals surface area contributed by atoms with Crippen molar-refractivity contribution in [2.75, 3.05) is 11.9 Å². The number of hydrogen-bond acceptors (Lipinski definition) is 1. The Labute approximate surface area is 94.0 Å². The quantitative estimate of drug-likeness (QED) is 0.727. The third kappa shape index (κ3) is 2.34. The van der Waals surface area contributed by atoms with E-state index in [9.17, 15) is 4.79 Å². The molecular weight excluding hydrogens is 202 g/mol. The second-order valence-corrected chi connectivity index (χ2v) is 3.66. The van der Waals surface area contributed by atoms with Crippen molar-refractivity contribution >= 4 is 22.6 Å². The van der Waals surface area contributed by atoms with Crippen LogP contribution in [-0.4, -0.2) is 17.6 Å². The summed E-state index contributed by atoms with van der Waals surface area (Å²) in [5.74, 6) is 0. The summed E-state index contributed by atoms with van der Waals surface area (Å²) in [6.07, 6.45) is 2.81. The highest BCUT2D eigenvalue weighted by molar-refractivity contribution is 5.92. The highest BCUT2D eigenvalue weighted by atomic mass is 16.2. The Bertz CT molecular complexity index is 490. The number of urea groups is 1. The molecule has 4 nitrogen and oxygen atoms in total. The molecule has 1 heterocycles. The lowest BCUT2D eigenvalue weighted by Crippen LogP contribution is -2.29. The second kappa shape index (κ2) is 4.70. The van der Waals surface area contributed by atoms with Gasteiger partial charge < -0.3 is 15.6 Å². The minimum atomic E-state index is -0.159. The van der Waals surface area contributed by atoms with E-state index in [2.05, 4.69) is 15.6 Å². The van der Waals surface area contributed by atoms with E-state index in [0.29, 0.717) is 6.54 Å². The number of hydrogen-bond donors (Lipinski definition) is 3. The minimum absolute atomic E-state index is 0.159. The molecule has 2 aromatic rings. The van der Waals surface area contributed by atoms with Crippen LogP contribution < -0.4 is 10.6 Å². The van der Waals surface area contributed by atoms with Gasteiger partial charge in [0.25, 0.3) is 0 Å². The molecule has 2 rings (SSSR count). The van der Waals surface area contributed by atoms with Gasteiger partial charge in [-0.2, -0.15) is 0 Å². The molecule has 0 saturated heterocycles. The van der Waals surface area contributed by atoms with Crippen molar-refractivity contribution in [3.8, 4) is 0 Å². The van der Waals surface area contributed by atoms with E-state index in [0.717, 1.165) is 23.0 Å². The topological polar surface area (TPSA) is 56.9 Å². The summed E-state index contributed by atoms with van der Waals surface area (Å²) in [6.45, 7) is 2.71. The van der Waals surface area contributed by atoms with Crippen LogP contribution in [0.3, 0.4) is 0 Å². The Morgan fingerprint density at radius 3 is 3.06 bits per heavy atom. The number of aromatic nitrogens is 1. The fourth-order valence-electron chi connectivity index (χ4n) is 1.54. The predicted molar refractivity (Wildman–Crippen MR) is 65.6 cm³/mol. The van der Waals surface area contributed by atoms with Gasteiger partial charge in [0.2, 0.25) is 0 Å². The number of amides is 2. The highest BCUT2D eigenvalue weighted by Gasteiger charge is 2.01. The molecule has 4 heteroatoms. The molecule has 1 aromatic heterocycles. The summed E-state index contributed by atoms with van der Waals surface area (Å²) < 4.78 is 0. The van der Waals surface area contributed by atoms with E-state index in [1.165, 1.54) is 0 Å². The van der Waals surface area contributed by atoms with Crippen molar-refractivity contribution in [3.05, 3.63) is 30.5 Å². The van der Waals surface area contributed by atoms with Crippen molar-refractivity contribution in [1.82, 2.24) is 10.3 Å². The molecule has 0 aliphatic heterocycles. The fourth-order valence-corrected chi connectivity index (χ4v) is 1.54. The van der Waals surface area contributed by atoms with Crippen molar-refractivity contribution in [2.45, 2.75) is 13.3 Å². The molecule has 0 fully saturated rings. The SMILES string of the molecule is CCCNC(=O)Nc1ccc2cc[nH]c2c1. The number of anilines is 1. The van der Waals surface area contributed by atoms with Crippen LogP contribution in [0.1, 0.15) is 13.3 Å². The van der Waals surface area contributed by atoms with Crippen LogP contribution in [0.25, 0.3) is 10.9 Å². The zero-order chi connectivity index (χ0) is 11.4. The van der Waals surface area contributed by atoms with Crippen LogP contribution in [0.15, 0.2) is 30.5 Å². The summed E-state index contributed by atoms with van der Waals surface area (Å²) in [4.78, 5) is 14.5. The van der Waals surface area contributed by atoms with Gasteiger partial charge in [0, 0.05) is 23.9 Å². The van der Waals surface area contributed by atoms with Gasteiger partial charge >= 0.3 is 6.03 Å². The highest BCUT2D eigenvalue weighted by Crippen LogP contribution is 2.17. The van der Waals surface area contributed by atoms with Gasteiger partial charge in [-0.3, -0.25) is 0 Å². The normalized spacial score (nSPS) is 10.3. The van der Waals surface area contributed by atoms with E-state index >= 15 is 0 Å². The lowest BCUT2D eigenvalue weighted by atomic mass is 10.2. The number of nitrogens with one attached hydrogen (secondary N) is 3. The Hall–Kier alpha value is -1.97. The first-order valence-electron chi connectivity index (χ1n) is 5.41. The Balaban J connectivity index is 2.06. The van der Waals surface area contributed by atoms with Gasteiger partial charge in [0.1, 0.15) is 0 Å². The number of H-pyrrole nitrogens is 1. The van der Waals surface area contributed by atoms with Gasteiger partial charge in [0.05, 0.1) is 0 Å². The maximum absolute atomic E-state index is 11.4. The molecule has 0 unspecified atom stereocenters. The second-order valence-electron chi connectivity index (χ2n) is 3.66. The average Bonchev–Trinajstić information content (AvgIpc) is 2.73. The number of rotatable bonds is 3. The standard InChI is InChI=1S/C12H15N3O/c1-2-6-14-12(16)15-10-4-3-9-5-7-13-11(9)8-10/h3-5,7-8,13H,2,6H2,1H3,(H2,14,15,16). The summed E-state index contributed by atoms with van der Waals surface area (Å²) in [5.41, 5.74) is 1.82. The number of benzene rings is 1. The van der Waals surface area contributed by atoms with Gasteiger partial charge in [-0.25, -0.2) is 4.79 Å². The largest absolute Gasteiger partial charge is 0.361 e. The van der Waals surface area contributed by atoms with Crippen molar-refractivity contribution < 1.29 is 4.79 Å². The van der Waals surface area contributed by atoms with Crippen LogP contribution in [0.2, 0.25) is 0 Å².